The molecule has 3 nitrogen and oxygen atoms in total. The van der Waals surface area contributed by atoms with E-state index in [4.69, 9.17) is 5.73 Å². The number of rotatable bonds is 3. The highest BCUT2D eigenvalue weighted by atomic mass is 19.2. The average Bonchev–Trinajstić information content (AvgIpc) is 2.44. The molecule has 104 valence electrons. The fraction of sp³-hybridized carbons (Fsp3) is 0.0714. The summed E-state index contributed by atoms with van der Waals surface area (Å²) in [5.74, 6) is -4.47. The van der Waals surface area contributed by atoms with Gasteiger partial charge in [-0.3, -0.25) is 4.79 Å². The van der Waals surface area contributed by atoms with Crippen LogP contribution in [0.15, 0.2) is 42.5 Å². The number of hydrogen-bond donors (Lipinski definition) is 2. The molecule has 20 heavy (non-hydrogen) atoms. The number of nitrogens with two attached hydrogens (primary N) is 1. The summed E-state index contributed by atoms with van der Waals surface area (Å²) in [4.78, 5) is 11.8. The lowest BCUT2D eigenvalue weighted by atomic mass is 10.1. The summed E-state index contributed by atoms with van der Waals surface area (Å²) in [6.45, 7) is 0. The van der Waals surface area contributed by atoms with E-state index >= 15 is 0 Å². The lowest BCUT2D eigenvalue weighted by Gasteiger charge is -2.13. The summed E-state index contributed by atoms with van der Waals surface area (Å²) in [6.07, 6.45) is 0. The molecule has 0 aliphatic carbocycles. The molecule has 0 bridgehead atoms. The predicted octanol–water partition coefficient (Wildman–Crippen LogP) is 2.74. The number of carbonyl (C=O) groups excluding carboxylic acids is 1. The van der Waals surface area contributed by atoms with E-state index in [1.165, 1.54) is 0 Å². The van der Waals surface area contributed by atoms with E-state index in [0.29, 0.717) is 17.7 Å². The maximum absolute atomic E-state index is 13.4. The van der Waals surface area contributed by atoms with Crippen molar-refractivity contribution < 1.29 is 18.0 Å². The zero-order chi connectivity index (χ0) is 14.7. The van der Waals surface area contributed by atoms with Crippen LogP contribution in [0.25, 0.3) is 0 Å². The minimum Gasteiger partial charge on any atom is -0.322 e. The first-order valence-corrected chi connectivity index (χ1v) is 5.75. The third-order valence-corrected chi connectivity index (χ3v) is 2.69. The lowest BCUT2D eigenvalue weighted by molar-refractivity contribution is -0.117. The van der Waals surface area contributed by atoms with Gasteiger partial charge in [0, 0.05) is 12.1 Å². The Balaban J connectivity index is 2.20. The number of carbonyl (C=O) groups is 1. The zero-order valence-corrected chi connectivity index (χ0v) is 10.2. The van der Waals surface area contributed by atoms with E-state index in [1.54, 1.807) is 30.3 Å². The molecule has 0 spiro atoms. The Kier molecular flexibility index (Phi) is 4.05. The molecule has 2 rings (SSSR count). The van der Waals surface area contributed by atoms with Gasteiger partial charge in [-0.1, -0.05) is 30.3 Å². The van der Waals surface area contributed by atoms with Crippen LogP contribution < -0.4 is 11.1 Å². The van der Waals surface area contributed by atoms with Crippen molar-refractivity contribution in [2.75, 3.05) is 5.32 Å². The van der Waals surface area contributed by atoms with Crippen LogP contribution in [-0.4, -0.2) is 5.91 Å². The van der Waals surface area contributed by atoms with Crippen LogP contribution in [0, 0.1) is 17.5 Å². The molecule has 2 aromatic carbocycles. The first-order chi connectivity index (χ1) is 9.49. The fourth-order valence-electron chi connectivity index (χ4n) is 1.67. The van der Waals surface area contributed by atoms with Gasteiger partial charge in [-0.2, -0.15) is 0 Å². The van der Waals surface area contributed by atoms with Crippen molar-refractivity contribution >= 4 is 11.6 Å². The third-order valence-electron chi connectivity index (χ3n) is 2.69. The summed E-state index contributed by atoms with van der Waals surface area (Å²) < 4.78 is 39.4. The molecule has 0 aliphatic heterocycles. The Labute approximate surface area is 113 Å². The molecule has 0 heterocycles. The van der Waals surface area contributed by atoms with Gasteiger partial charge >= 0.3 is 0 Å². The second-order valence-corrected chi connectivity index (χ2v) is 4.13. The molecular weight excluding hydrogens is 269 g/mol. The van der Waals surface area contributed by atoms with Crippen LogP contribution in [0.3, 0.4) is 0 Å². The van der Waals surface area contributed by atoms with Gasteiger partial charge in [0.25, 0.3) is 0 Å². The van der Waals surface area contributed by atoms with Gasteiger partial charge in [-0.05, 0) is 5.56 Å². The third kappa shape index (κ3) is 2.97. The molecular formula is C14H11F3N2O. The van der Waals surface area contributed by atoms with Crippen molar-refractivity contribution in [1.29, 1.82) is 0 Å². The first kappa shape index (κ1) is 14.1. The topological polar surface area (TPSA) is 55.1 Å². The molecule has 0 radical (unpaired) electrons. The normalized spacial score (nSPS) is 12.0. The largest absolute Gasteiger partial charge is 0.322 e. The second kappa shape index (κ2) is 5.75. The van der Waals surface area contributed by atoms with Crippen LogP contribution in [0.1, 0.15) is 11.6 Å². The maximum atomic E-state index is 13.4. The molecule has 0 fully saturated rings. The highest BCUT2D eigenvalue weighted by Gasteiger charge is 2.19. The zero-order valence-electron chi connectivity index (χ0n) is 10.2. The molecule has 2 aromatic rings. The van der Waals surface area contributed by atoms with E-state index in [0.717, 1.165) is 0 Å². The minimum absolute atomic E-state index is 0.391. The Hall–Kier alpha value is -2.34. The number of anilines is 1. The van der Waals surface area contributed by atoms with Gasteiger partial charge in [0.2, 0.25) is 5.91 Å². The highest BCUT2D eigenvalue weighted by Crippen LogP contribution is 2.20. The molecule has 1 unspecified atom stereocenters. The Morgan fingerprint density at radius 2 is 1.75 bits per heavy atom. The van der Waals surface area contributed by atoms with Crippen molar-refractivity contribution in [2.24, 2.45) is 5.73 Å². The van der Waals surface area contributed by atoms with E-state index in [-0.39, 0.29) is 0 Å². The molecule has 6 heteroatoms. The monoisotopic (exact) mass is 280 g/mol. The van der Waals surface area contributed by atoms with Crippen LogP contribution >= 0.6 is 0 Å². The maximum Gasteiger partial charge on any atom is 0.245 e. The summed E-state index contributed by atoms with van der Waals surface area (Å²) in [5, 5.41) is 2.07. The van der Waals surface area contributed by atoms with Crippen LogP contribution in [-0.2, 0) is 4.79 Å². The van der Waals surface area contributed by atoms with E-state index in [1.807, 2.05) is 0 Å². The first-order valence-electron chi connectivity index (χ1n) is 5.75. The van der Waals surface area contributed by atoms with E-state index in [2.05, 4.69) is 5.32 Å². The molecule has 0 saturated carbocycles. The number of amides is 1. The van der Waals surface area contributed by atoms with Gasteiger partial charge in [0.15, 0.2) is 11.6 Å². The number of benzene rings is 2. The van der Waals surface area contributed by atoms with Crippen molar-refractivity contribution in [3.8, 4) is 0 Å². The number of halogens is 3. The second-order valence-electron chi connectivity index (χ2n) is 4.13. The quantitative estimate of drug-likeness (QED) is 0.849. The summed E-state index contributed by atoms with van der Waals surface area (Å²) in [5.41, 5.74) is 5.61. The lowest BCUT2D eigenvalue weighted by Crippen LogP contribution is -2.28. The van der Waals surface area contributed by atoms with Crippen molar-refractivity contribution in [3.05, 3.63) is 65.5 Å². The van der Waals surface area contributed by atoms with Crippen molar-refractivity contribution in [1.82, 2.24) is 0 Å². The van der Waals surface area contributed by atoms with E-state index < -0.39 is 35.1 Å². The minimum atomic E-state index is -1.38. The summed E-state index contributed by atoms with van der Waals surface area (Å²) in [7, 11) is 0. The SMILES string of the molecule is NC(C(=O)Nc1cc(F)cc(F)c1F)c1ccccc1. The van der Waals surface area contributed by atoms with Crippen LogP contribution in [0.2, 0.25) is 0 Å². The Bertz CT molecular complexity index is 632. The average molecular weight is 280 g/mol. The van der Waals surface area contributed by atoms with Gasteiger partial charge in [0.05, 0.1) is 5.69 Å². The molecule has 0 saturated heterocycles. The fourth-order valence-corrected chi connectivity index (χ4v) is 1.67. The highest BCUT2D eigenvalue weighted by molar-refractivity contribution is 5.95. The van der Waals surface area contributed by atoms with E-state index in [9.17, 15) is 18.0 Å². The summed E-state index contributed by atoms with van der Waals surface area (Å²) >= 11 is 0. The molecule has 1 atom stereocenters. The van der Waals surface area contributed by atoms with Gasteiger partial charge in [0.1, 0.15) is 11.9 Å². The van der Waals surface area contributed by atoms with Crippen LogP contribution in [0.4, 0.5) is 18.9 Å². The van der Waals surface area contributed by atoms with Crippen molar-refractivity contribution in [3.63, 3.8) is 0 Å². The van der Waals surface area contributed by atoms with Crippen molar-refractivity contribution in [2.45, 2.75) is 6.04 Å². The van der Waals surface area contributed by atoms with Gasteiger partial charge < -0.3 is 11.1 Å². The van der Waals surface area contributed by atoms with Gasteiger partial charge in [-0.15, -0.1) is 0 Å². The predicted molar refractivity (Wildman–Crippen MR) is 68.3 cm³/mol. The molecule has 0 aromatic heterocycles. The number of hydrogen-bond acceptors (Lipinski definition) is 2. The Morgan fingerprint density at radius 3 is 2.40 bits per heavy atom. The molecule has 3 N–H and O–H groups in total. The smallest absolute Gasteiger partial charge is 0.245 e. The molecule has 0 aliphatic rings. The molecule has 1 amide bonds. The van der Waals surface area contributed by atoms with Gasteiger partial charge in [-0.25, -0.2) is 13.2 Å². The number of nitrogens with one attached hydrogen (secondary N) is 1. The Morgan fingerprint density at radius 1 is 1.10 bits per heavy atom. The summed E-state index contributed by atoms with van der Waals surface area (Å²) in [6, 6.07) is 8.36. The van der Waals surface area contributed by atoms with Crippen LogP contribution in [0.5, 0.6) is 0 Å². The standard InChI is InChI=1S/C14H11F3N2O/c15-9-6-10(16)12(17)11(7-9)19-14(20)13(18)8-4-2-1-3-5-8/h1-7,13H,18H2,(H,19,20).